The van der Waals surface area contributed by atoms with E-state index < -0.39 is 5.54 Å². The molecular formula is C16H33N3O. The van der Waals surface area contributed by atoms with Crippen molar-refractivity contribution in [1.29, 1.82) is 0 Å². The van der Waals surface area contributed by atoms with Crippen molar-refractivity contribution < 1.29 is 4.79 Å². The lowest BCUT2D eigenvalue weighted by molar-refractivity contribution is -0.126. The Morgan fingerprint density at radius 1 is 1.35 bits per heavy atom. The van der Waals surface area contributed by atoms with Crippen molar-refractivity contribution in [3.05, 3.63) is 0 Å². The highest BCUT2D eigenvalue weighted by atomic mass is 16.1. The number of hydrogen-bond donors (Lipinski definition) is 2. The molecule has 1 amide bonds. The maximum Gasteiger partial charge on any atom is 0.239 e. The fourth-order valence-corrected chi connectivity index (χ4v) is 2.96. The van der Waals surface area contributed by atoms with Gasteiger partial charge >= 0.3 is 0 Å². The summed E-state index contributed by atoms with van der Waals surface area (Å²) in [5.74, 6) is 0.878. The van der Waals surface area contributed by atoms with E-state index in [1.165, 1.54) is 6.42 Å². The molecule has 0 spiro atoms. The number of likely N-dealkylation sites (N-methyl/N-ethyl adjacent to an activating group) is 1. The number of primary amides is 1. The van der Waals surface area contributed by atoms with Gasteiger partial charge in [0.25, 0.3) is 0 Å². The molecule has 0 aliphatic heterocycles. The average molecular weight is 283 g/mol. The van der Waals surface area contributed by atoms with E-state index in [1.807, 2.05) is 0 Å². The Balaban J connectivity index is 2.83. The number of nitrogens with two attached hydrogens (primary N) is 1. The van der Waals surface area contributed by atoms with E-state index in [0.29, 0.717) is 11.8 Å². The summed E-state index contributed by atoms with van der Waals surface area (Å²) in [6.07, 6.45) is 3.40. The van der Waals surface area contributed by atoms with E-state index in [2.05, 4.69) is 44.8 Å². The first-order chi connectivity index (χ1) is 9.35. The molecular weight excluding hydrogens is 250 g/mol. The van der Waals surface area contributed by atoms with Gasteiger partial charge < -0.3 is 10.6 Å². The Kier molecular flexibility index (Phi) is 6.46. The number of carbonyl (C=O) groups excluding carboxylic acids is 1. The average Bonchev–Trinajstić information content (AvgIpc) is 3.20. The van der Waals surface area contributed by atoms with Gasteiger partial charge in [-0.05, 0) is 45.1 Å². The highest BCUT2D eigenvalue weighted by Crippen LogP contribution is 2.40. The van der Waals surface area contributed by atoms with Crippen LogP contribution < -0.4 is 11.1 Å². The quantitative estimate of drug-likeness (QED) is 0.644. The molecule has 0 heterocycles. The summed E-state index contributed by atoms with van der Waals surface area (Å²) in [7, 11) is 0. The SMILES string of the molecule is CCC(C)CN(CC)CC(NC(C)C)(C(N)=O)C1CC1. The Hall–Kier alpha value is -0.610. The zero-order chi connectivity index (χ0) is 15.3. The van der Waals surface area contributed by atoms with Crippen LogP contribution in [0.25, 0.3) is 0 Å². The number of rotatable bonds is 10. The fourth-order valence-electron chi connectivity index (χ4n) is 2.96. The van der Waals surface area contributed by atoms with Gasteiger partial charge in [0, 0.05) is 19.1 Å². The highest BCUT2D eigenvalue weighted by Gasteiger charge is 2.50. The van der Waals surface area contributed by atoms with Crippen molar-refractivity contribution >= 4 is 5.91 Å². The van der Waals surface area contributed by atoms with Gasteiger partial charge in [-0.3, -0.25) is 10.1 Å². The number of nitrogens with zero attached hydrogens (tertiary/aromatic N) is 1. The summed E-state index contributed by atoms with van der Waals surface area (Å²) < 4.78 is 0. The van der Waals surface area contributed by atoms with E-state index in [1.54, 1.807) is 0 Å². The largest absolute Gasteiger partial charge is 0.368 e. The van der Waals surface area contributed by atoms with Gasteiger partial charge in [0.05, 0.1) is 0 Å². The molecule has 0 aromatic heterocycles. The van der Waals surface area contributed by atoms with E-state index in [-0.39, 0.29) is 11.9 Å². The van der Waals surface area contributed by atoms with Crippen LogP contribution >= 0.6 is 0 Å². The first kappa shape index (κ1) is 17.4. The fraction of sp³-hybridized carbons (Fsp3) is 0.938. The molecule has 4 heteroatoms. The molecule has 1 saturated carbocycles. The van der Waals surface area contributed by atoms with Gasteiger partial charge in [-0.15, -0.1) is 0 Å². The molecule has 0 saturated heterocycles. The van der Waals surface area contributed by atoms with E-state index in [9.17, 15) is 4.79 Å². The second-order valence-electron chi connectivity index (χ2n) is 6.75. The van der Waals surface area contributed by atoms with Crippen molar-refractivity contribution in [3.63, 3.8) is 0 Å². The van der Waals surface area contributed by atoms with Gasteiger partial charge in [-0.1, -0.05) is 27.2 Å². The van der Waals surface area contributed by atoms with Gasteiger partial charge in [0.15, 0.2) is 0 Å². The predicted octanol–water partition coefficient (Wildman–Crippen LogP) is 1.99. The van der Waals surface area contributed by atoms with Crippen molar-refractivity contribution in [2.75, 3.05) is 19.6 Å². The molecule has 0 aromatic carbocycles. The van der Waals surface area contributed by atoms with Crippen LogP contribution in [-0.2, 0) is 4.79 Å². The molecule has 1 fully saturated rings. The minimum atomic E-state index is -0.544. The minimum Gasteiger partial charge on any atom is -0.368 e. The molecule has 1 aliphatic rings. The van der Waals surface area contributed by atoms with Gasteiger partial charge in [-0.25, -0.2) is 0 Å². The third-order valence-electron chi connectivity index (χ3n) is 4.45. The Morgan fingerprint density at radius 2 is 1.95 bits per heavy atom. The van der Waals surface area contributed by atoms with Gasteiger partial charge in [0.2, 0.25) is 5.91 Å². The molecule has 4 nitrogen and oxygen atoms in total. The normalized spacial score (nSPS) is 20.1. The number of hydrogen-bond acceptors (Lipinski definition) is 3. The molecule has 0 radical (unpaired) electrons. The Labute approximate surface area is 124 Å². The van der Waals surface area contributed by atoms with Crippen LogP contribution in [0.5, 0.6) is 0 Å². The van der Waals surface area contributed by atoms with Crippen molar-refractivity contribution in [2.45, 2.75) is 65.5 Å². The molecule has 2 atom stereocenters. The lowest BCUT2D eigenvalue weighted by atomic mass is 9.89. The summed E-state index contributed by atoms with van der Waals surface area (Å²) in [5.41, 5.74) is 5.26. The summed E-state index contributed by atoms with van der Waals surface area (Å²) in [6, 6.07) is 0.269. The van der Waals surface area contributed by atoms with Crippen LogP contribution in [0.3, 0.4) is 0 Å². The third-order valence-corrected chi connectivity index (χ3v) is 4.45. The molecule has 0 aromatic rings. The Bertz CT molecular complexity index is 315. The second-order valence-corrected chi connectivity index (χ2v) is 6.75. The van der Waals surface area contributed by atoms with E-state index in [0.717, 1.165) is 32.5 Å². The smallest absolute Gasteiger partial charge is 0.239 e. The van der Waals surface area contributed by atoms with Crippen LogP contribution in [0, 0.1) is 11.8 Å². The van der Waals surface area contributed by atoms with E-state index >= 15 is 0 Å². The zero-order valence-electron chi connectivity index (χ0n) is 13.9. The summed E-state index contributed by atoms with van der Waals surface area (Å²) in [5, 5.41) is 3.49. The summed E-state index contributed by atoms with van der Waals surface area (Å²) in [4.78, 5) is 14.6. The Morgan fingerprint density at radius 3 is 2.30 bits per heavy atom. The lowest BCUT2D eigenvalue weighted by Crippen LogP contribution is -2.65. The standard InChI is InChI=1S/C16H33N3O/c1-6-13(5)10-19(7-2)11-16(15(17)20,14-8-9-14)18-12(3)4/h12-14,18H,6-11H2,1-5H3,(H2,17,20). The predicted molar refractivity (Wildman–Crippen MR) is 84.5 cm³/mol. The van der Waals surface area contributed by atoms with Crippen LogP contribution in [0.1, 0.15) is 53.9 Å². The van der Waals surface area contributed by atoms with Crippen molar-refractivity contribution in [2.24, 2.45) is 17.6 Å². The molecule has 2 unspecified atom stereocenters. The van der Waals surface area contributed by atoms with Crippen LogP contribution in [0.4, 0.5) is 0 Å². The molecule has 20 heavy (non-hydrogen) atoms. The van der Waals surface area contributed by atoms with Crippen LogP contribution in [0.15, 0.2) is 0 Å². The number of carbonyl (C=O) groups is 1. The van der Waals surface area contributed by atoms with Crippen molar-refractivity contribution in [1.82, 2.24) is 10.2 Å². The van der Waals surface area contributed by atoms with Crippen molar-refractivity contribution in [3.8, 4) is 0 Å². The van der Waals surface area contributed by atoms with Crippen LogP contribution in [-0.4, -0.2) is 42.0 Å². The lowest BCUT2D eigenvalue weighted by Gasteiger charge is -2.39. The van der Waals surface area contributed by atoms with Crippen LogP contribution in [0.2, 0.25) is 0 Å². The first-order valence-electron chi connectivity index (χ1n) is 8.15. The highest BCUT2D eigenvalue weighted by molar-refractivity contribution is 5.86. The van der Waals surface area contributed by atoms with Gasteiger partial charge in [0.1, 0.15) is 5.54 Å². The molecule has 3 N–H and O–H groups in total. The minimum absolute atomic E-state index is 0.184. The summed E-state index contributed by atoms with van der Waals surface area (Å²) in [6.45, 7) is 13.6. The molecule has 0 bridgehead atoms. The summed E-state index contributed by atoms with van der Waals surface area (Å²) >= 11 is 0. The maximum atomic E-state index is 12.2. The second kappa shape index (κ2) is 7.41. The number of nitrogens with one attached hydrogen (secondary N) is 1. The third kappa shape index (κ3) is 4.45. The first-order valence-corrected chi connectivity index (χ1v) is 8.15. The topological polar surface area (TPSA) is 58.4 Å². The number of amides is 1. The molecule has 1 rings (SSSR count). The monoisotopic (exact) mass is 283 g/mol. The molecule has 118 valence electrons. The van der Waals surface area contributed by atoms with E-state index in [4.69, 9.17) is 5.73 Å². The zero-order valence-corrected chi connectivity index (χ0v) is 13.9. The molecule has 1 aliphatic carbocycles. The maximum absolute atomic E-state index is 12.2. The van der Waals surface area contributed by atoms with Gasteiger partial charge in [-0.2, -0.15) is 0 Å².